The minimum absolute atomic E-state index is 0.231. The van der Waals surface area contributed by atoms with E-state index in [0.717, 1.165) is 28.2 Å². The highest BCUT2D eigenvalue weighted by molar-refractivity contribution is 6.35. The smallest absolute Gasteiger partial charge is 0.326 e. The Morgan fingerprint density at radius 3 is 2.39 bits per heavy atom. The minimum atomic E-state index is -0.513. The quantitative estimate of drug-likeness (QED) is 0.412. The molecule has 1 fully saturated rings. The summed E-state index contributed by atoms with van der Waals surface area (Å²) in [6.45, 7) is 4.28. The number of ether oxygens (including phenoxy) is 1. The van der Waals surface area contributed by atoms with E-state index in [0.29, 0.717) is 22.4 Å². The van der Waals surface area contributed by atoms with E-state index in [9.17, 15) is 9.59 Å². The second-order valence-electron chi connectivity index (χ2n) is 7.15. The first kappa shape index (κ1) is 21.0. The molecule has 0 spiro atoms. The highest BCUT2D eigenvalue weighted by Gasteiger charge is 2.23. The average Bonchev–Trinajstić information content (AvgIpc) is 3.19. The summed E-state index contributed by atoms with van der Waals surface area (Å²) in [5, 5.41) is 5.86. The summed E-state index contributed by atoms with van der Waals surface area (Å²) in [6.07, 6.45) is 1.67. The summed E-state index contributed by atoms with van der Waals surface area (Å²) in [5.74, 6) is 0.280. The van der Waals surface area contributed by atoms with Gasteiger partial charge < -0.3 is 14.6 Å². The van der Waals surface area contributed by atoms with Crippen molar-refractivity contribution >= 4 is 41.2 Å². The number of nitrogens with one attached hydrogen (secondary N) is 2. The number of hydrogen-bond donors (Lipinski definition) is 2. The third-order valence-corrected chi connectivity index (χ3v) is 5.58. The number of urea groups is 1. The molecule has 1 aliphatic rings. The summed E-state index contributed by atoms with van der Waals surface area (Å²) < 4.78 is 7.92. The molecule has 1 aromatic heterocycles. The van der Waals surface area contributed by atoms with E-state index >= 15 is 0 Å². The third-order valence-electron chi connectivity index (χ3n) is 4.99. The summed E-state index contributed by atoms with van der Waals surface area (Å²) >= 11 is 12.1. The molecule has 0 atom stereocenters. The summed E-state index contributed by atoms with van der Waals surface area (Å²) in [7, 11) is 0. The Kier molecular flexibility index (Phi) is 5.76. The normalized spacial score (nSPS) is 14.6. The number of nitrogens with zero attached hydrogens (tertiary/aromatic N) is 1. The number of amides is 3. The molecule has 1 saturated heterocycles. The number of imide groups is 1. The molecule has 6 nitrogen and oxygen atoms in total. The van der Waals surface area contributed by atoms with Crippen LogP contribution in [-0.2, 0) is 11.4 Å². The maximum absolute atomic E-state index is 11.8. The molecule has 3 amide bonds. The molecule has 4 rings (SSSR count). The Morgan fingerprint density at radius 1 is 1.00 bits per heavy atom. The molecule has 2 N–H and O–H groups in total. The van der Waals surface area contributed by atoms with Crippen molar-refractivity contribution in [2.45, 2.75) is 20.5 Å². The van der Waals surface area contributed by atoms with Gasteiger partial charge in [-0.2, -0.15) is 0 Å². The molecular formula is C23H19Cl2N3O3. The van der Waals surface area contributed by atoms with Crippen LogP contribution in [0.1, 0.15) is 22.5 Å². The first-order valence-electron chi connectivity index (χ1n) is 9.52. The van der Waals surface area contributed by atoms with Gasteiger partial charge in [-0.15, -0.1) is 0 Å². The van der Waals surface area contributed by atoms with Crippen molar-refractivity contribution in [1.82, 2.24) is 15.2 Å². The van der Waals surface area contributed by atoms with Gasteiger partial charge in [0.25, 0.3) is 5.91 Å². The van der Waals surface area contributed by atoms with Gasteiger partial charge in [-0.05, 0) is 68.0 Å². The second kappa shape index (κ2) is 8.49. The second-order valence-corrected chi connectivity index (χ2v) is 7.99. The Labute approximate surface area is 189 Å². The fourth-order valence-corrected chi connectivity index (χ4v) is 3.92. The van der Waals surface area contributed by atoms with Gasteiger partial charge in [-0.1, -0.05) is 29.3 Å². The number of benzene rings is 2. The number of carbonyl (C=O) groups excluding carboxylic acids is 2. The van der Waals surface area contributed by atoms with Crippen molar-refractivity contribution in [3.8, 4) is 11.4 Å². The van der Waals surface area contributed by atoms with Crippen LogP contribution in [0.2, 0.25) is 10.0 Å². The van der Waals surface area contributed by atoms with Gasteiger partial charge in [0.15, 0.2) is 0 Å². The molecule has 0 saturated carbocycles. The lowest BCUT2D eigenvalue weighted by Gasteiger charge is -2.12. The minimum Gasteiger partial charge on any atom is -0.489 e. The number of aromatic nitrogens is 1. The maximum Gasteiger partial charge on any atom is 0.326 e. The molecule has 0 aliphatic carbocycles. The van der Waals surface area contributed by atoms with E-state index in [1.54, 1.807) is 18.2 Å². The zero-order chi connectivity index (χ0) is 22.1. The number of rotatable bonds is 5. The Balaban J connectivity index is 1.53. The first-order valence-corrected chi connectivity index (χ1v) is 10.3. The molecule has 158 valence electrons. The average molecular weight is 456 g/mol. The summed E-state index contributed by atoms with van der Waals surface area (Å²) in [4.78, 5) is 23.1. The predicted octanol–water partition coefficient (Wildman–Crippen LogP) is 5.16. The Morgan fingerprint density at radius 2 is 1.74 bits per heavy atom. The van der Waals surface area contributed by atoms with E-state index in [4.69, 9.17) is 27.9 Å². The van der Waals surface area contributed by atoms with Crippen LogP contribution in [0.25, 0.3) is 11.8 Å². The third kappa shape index (κ3) is 4.45. The number of carbonyl (C=O) groups is 2. The van der Waals surface area contributed by atoms with Gasteiger partial charge in [0.1, 0.15) is 18.1 Å². The zero-order valence-electron chi connectivity index (χ0n) is 16.8. The van der Waals surface area contributed by atoms with E-state index < -0.39 is 11.9 Å². The fourth-order valence-electron chi connectivity index (χ4n) is 3.46. The van der Waals surface area contributed by atoms with Gasteiger partial charge >= 0.3 is 6.03 Å². The van der Waals surface area contributed by atoms with Crippen LogP contribution in [0.15, 0.2) is 54.2 Å². The summed E-state index contributed by atoms with van der Waals surface area (Å²) in [5.41, 5.74) is 4.83. The molecule has 2 aromatic carbocycles. The van der Waals surface area contributed by atoms with E-state index in [-0.39, 0.29) is 5.70 Å². The standard InChI is InChI=1S/C23H19Cl2N3O3/c1-13-9-16(10-21-22(29)27-23(30)26-21)14(2)28(13)18-5-7-19(8-6-18)31-12-15-3-4-17(24)11-20(15)25/h3-11H,12H2,1-2H3,(H2,26,27,29,30)/b21-10+. The van der Waals surface area contributed by atoms with Gasteiger partial charge in [0.05, 0.1) is 0 Å². The largest absolute Gasteiger partial charge is 0.489 e. The van der Waals surface area contributed by atoms with Crippen molar-refractivity contribution in [2.75, 3.05) is 0 Å². The van der Waals surface area contributed by atoms with Gasteiger partial charge in [0, 0.05) is 32.7 Å². The number of halogens is 2. The van der Waals surface area contributed by atoms with Gasteiger partial charge in [0.2, 0.25) is 0 Å². The van der Waals surface area contributed by atoms with Crippen molar-refractivity contribution in [3.63, 3.8) is 0 Å². The molecule has 1 aliphatic heterocycles. The van der Waals surface area contributed by atoms with Crippen LogP contribution in [-0.4, -0.2) is 16.5 Å². The summed E-state index contributed by atoms with van der Waals surface area (Å²) in [6, 6.07) is 14.5. The zero-order valence-corrected chi connectivity index (χ0v) is 18.3. The molecular weight excluding hydrogens is 437 g/mol. The van der Waals surface area contributed by atoms with Crippen LogP contribution >= 0.6 is 23.2 Å². The molecule has 3 aromatic rings. The topological polar surface area (TPSA) is 72.4 Å². The van der Waals surface area contributed by atoms with E-state index in [1.807, 2.05) is 50.2 Å². The predicted molar refractivity (Wildman–Crippen MR) is 121 cm³/mol. The SMILES string of the molecule is Cc1cc(/C=C2/NC(=O)NC2=O)c(C)n1-c1ccc(OCc2ccc(Cl)cc2Cl)cc1. The Bertz CT molecular complexity index is 1210. The monoisotopic (exact) mass is 455 g/mol. The molecule has 0 unspecified atom stereocenters. The Hall–Kier alpha value is -3.22. The first-order chi connectivity index (χ1) is 14.8. The number of hydrogen-bond acceptors (Lipinski definition) is 3. The lowest BCUT2D eigenvalue weighted by atomic mass is 10.2. The highest BCUT2D eigenvalue weighted by Crippen LogP contribution is 2.26. The van der Waals surface area contributed by atoms with Crippen molar-refractivity contribution < 1.29 is 14.3 Å². The van der Waals surface area contributed by atoms with Crippen LogP contribution < -0.4 is 15.4 Å². The van der Waals surface area contributed by atoms with Crippen LogP contribution in [0.4, 0.5) is 4.79 Å². The molecule has 0 bridgehead atoms. The fraction of sp³-hybridized carbons (Fsp3) is 0.130. The highest BCUT2D eigenvalue weighted by atomic mass is 35.5. The molecule has 0 radical (unpaired) electrons. The lowest BCUT2D eigenvalue weighted by Crippen LogP contribution is -2.22. The van der Waals surface area contributed by atoms with Crippen LogP contribution in [0, 0.1) is 13.8 Å². The lowest BCUT2D eigenvalue weighted by molar-refractivity contribution is -0.115. The molecule has 31 heavy (non-hydrogen) atoms. The van der Waals surface area contributed by atoms with Crippen LogP contribution in [0.5, 0.6) is 5.75 Å². The number of aryl methyl sites for hydroxylation is 1. The van der Waals surface area contributed by atoms with Crippen molar-refractivity contribution in [2.24, 2.45) is 0 Å². The van der Waals surface area contributed by atoms with Gasteiger partial charge in [-0.3, -0.25) is 10.1 Å². The van der Waals surface area contributed by atoms with Crippen molar-refractivity contribution in [1.29, 1.82) is 0 Å². The molecule has 2 heterocycles. The van der Waals surface area contributed by atoms with Gasteiger partial charge in [-0.25, -0.2) is 4.79 Å². The van der Waals surface area contributed by atoms with Crippen LogP contribution in [0.3, 0.4) is 0 Å². The maximum atomic E-state index is 11.8. The van der Waals surface area contributed by atoms with E-state index in [1.165, 1.54) is 0 Å². The molecule has 8 heteroatoms. The van der Waals surface area contributed by atoms with Crippen molar-refractivity contribution in [3.05, 3.63) is 86.8 Å². The van der Waals surface area contributed by atoms with E-state index in [2.05, 4.69) is 15.2 Å².